The van der Waals surface area contributed by atoms with Crippen LogP contribution in [0, 0.1) is 5.92 Å². The number of imidazole rings is 1. The minimum Gasteiger partial charge on any atom is -0.383 e. The molecule has 0 spiro atoms. The van der Waals surface area contributed by atoms with Gasteiger partial charge in [0.1, 0.15) is 18.0 Å². The van der Waals surface area contributed by atoms with Crippen LogP contribution in [0.1, 0.15) is 23.9 Å². The van der Waals surface area contributed by atoms with Crippen molar-refractivity contribution in [1.82, 2.24) is 34.2 Å². The number of rotatable bonds is 7. The number of ether oxygens (including phenoxy) is 1. The zero-order valence-electron chi connectivity index (χ0n) is 18.0. The van der Waals surface area contributed by atoms with E-state index in [-0.39, 0.29) is 30.4 Å². The van der Waals surface area contributed by atoms with Crippen LogP contribution in [0.15, 0.2) is 35.6 Å². The van der Waals surface area contributed by atoms with Crippen molar-refractivity contribution >= 4 is 24.8 Å². The van der Waals surface area contributed by atoms with Crippen molar-refractivity contribution in [3.63, 3.8) is 0 Å². The SMILES string of the molecule is COCCn1cnnc1CCn1ccnc1-c1ccc2n(c1=O)C[C@@H]1CNC[C@H]2C1.Cl.Cl. The smallest absolute Gasteiger partial charge is 0.261 e. The molecule has 174 valence electrons. The van der Waals surface area contributed by atoms with Crippen molar-refractivity contribution in [3.05, 3.63) is 52.7 Å². The van der Waals surface area contributed by atoms with E-state index in [4.69, 9.17) is 4.74 Å². The average Bonchev–Trinajstić information content (AvgIpc) is 3.41. The van der Waals surface area contributed by atoms with Crippen LogP contribution in [0.5, 0.6) is 0 Å². The molecule has 0 aromatic carbocycles. The number of piperidine rings is 1. The lowest BCUT2D eigenvalue weighted by molar-refractivity contribution is 0.186. The number of pyridine rings is 1. The number of hydrogen-bond acceptors (Lipinski definition) is 6. The molecule has 5 heterocycles. The van der Waals surface area contributed by atoms with Gasteiger partial charge in [-0.15, -0.1) is 35.0 Å². The van der Waals surface area contributed by atoms with Gasteiger partial charge >= 0.3 is 0 Å². The van der Waals surface area contributed by atoms with Crippen molar-refractivity contribution in [1.29, 1.82) is 0 Å². The van der Waals surface area contributed by atoms with Crippen molar-refractivity contribution < 1.29 is 4.74 Å². The molecule has 3 aromatic rings. The number of nitrogens with zero attached hydrogens (tertiary/aromatic N) is 6. The van der Waals surface area contributed by atoms with E-state index in [1.54, 1.807) is 19.6 Å². The van der Waals surface area contributed by atoms with Crippen LogP contribution in [0.3, 0.4) is 0 Å². The first kappa shape index (κ1) is 24.4. The van der Waals surface area contributed by atoms with Crippen LogP contribution >= 0.6 is 24.8 Å². The minimum atomic E-state index is 0. The van der Waals surface area contributed by atoms with Gasteiger partial charge in [0.05, 0.1) is 12.2 Å². The van der Waals surface area contributed by atoms with Gasteiger partial charge in [0.25, 0.3) is 5.56 Å². The number of aryl methyl sites for hydroxylation is 2. The molecule has 0 amide bonds. The average molecular weight is 482 g/mol. The summed E-state index contributed by atoms with van der Waals surface area (Å²) < 4.78 is 11.2. The highest BCUT2D eigenvalue weighted by Gasteiger charge is 2.31. The largest absolute Gasteiger partial charge is 0.383 e. The highest BCUT2D eigenvalue weighted by Crippen LogP contribution is 2.32. The third kappa shape index (κ3) is 4.61. The summed E-state index contributed by atoms with van der Waals surface area (Å²) in [6.07, 6.45) is 7.28. The van der Waals surface area contributed by atoms with Gasteiger partial charge in [-0.05, 0) is 31.0 Å². The van der Waals surface area contributed by atoms with Crippen LogP contribution in [-0.4, -0.2) is 55.7 Å². The number of aromatic nitrogens is 6. The molecule has 3 aromatic heterocycles. The summed E-state index contributed by atoms with van der Waals surface area (Å²) in [6, 6.07) is 4.06. The van der Waals surface area contributed by atoms with E-state index < -0.39 is 0 Å². The fourth-order valence-electron chi connectivity index (χ4n) is 4.76. The van der Waals surface area contributed by atoms with Gasteiger partial charge < -0.3 is 23.8 Å². The van der Waals surface area contributed by atoms with Crippen LogP contribution in [-0.2, 0) is 30.8 Å². The predicted molar refractivity (Wildman–Crippen MR) is 126 cm³/mol. The van der Waals surface area contributed by atoms with Crippen LogP contribution in [0.4, 0.5) is 0 Å². The number of halogens is 2. The molecule has 2 aliphatic rings. The maximum absolute atomic E-state index is 13.3. The highest BCUT2D eigenvalue weighted by atomic mass is 35.5. The lowest BCUT2D eigenvalue weighted by Crippen LogP contribution is -2.45. The number of nitrogens with one attached hydrogen (secondary N) is 1. The Labute approximate surface area is 199 Å². The molecule has 9 nitrogen and oxygen atoms in total. The monoisotopic (exact) mass is 481 g/mol. The van der Waals surface area contributed by atoms with Gasteiger partial charge in [-0.2, -0.15) is 0 Å². The second-order valence-corrected chi connectivity index (χ2v) is 8.17. The molecule has 2 bridgehead atoms. The molecule has 11 heteroatoms. The molecular weight excluding hydrogens is 453 g/mol. The Kier molecular flexibility index (Phi) is 8.10. The van der Waals surface area contributed by atoms with Gasteiger partial charge in [0.2, 0.25) is 0 Å². The van der Waals surface area contributed by atoms with Crippen LogP contribution in [0.2, 0.25) is 0 Å². The molecule has 32 heavy (non-hydrogen) atoms. The third-order valence-electron chi connectivity index (χ3n) is 6.27. The summed E-state index contributed by atoms with van der Waals surface area (Å²) in [5.41, 5.74) is 1.88. The number of fused-ring (bicyclic) bond motifs is 4. The molecule has 5 rings (SSSR count). The third-order valence-corrected chi connectivity index (χ3v) is 6.27. The van der Waals surface area contributed by atoms with E-state index in [9.17, 15) is 4.79 Å². The Morgan fingerprint density at radius 2 is 2.06 bits per heavy atom. The Balaban J connectivity index is 0.00000144. The maximum Gasteiger partial charge on any atom is 0.261 e. The molecule has 1 fully saturated rings. The van der Waals surface area contributed by atoms with E-state index >= 15 is 0 Å². The topological polar surface area (TPSA) is 91.8 Å². The quantitative estimate of drug-likeness (QED) is 0.552. The van der Waals surface area contributed by atoms with E-state index in [0.717, 1.165) is 37.7 Å². The maximum atomic E-state index is 13.3. The summed E-state index contributed by atoms with van der Waals surface area (Å²) in [5, 5.41) is 11.7. The molecule has 2 atom stereocenters. The molecule has 2 aliphatic heterocycles. The van der Waals surface area contributed by atoms with E-state index in [2.05, 4.69) is 26.6 Å². The Morgan fingerprint density at radius 3 is 2.91 bits per heavy atom. The molecule has 1 N–H and O–H groups in total. The molecule has 0 radical (unpaired) electrons. The van der Waals surface area contributed by atoms with Gasteiger partial charge in [-0.3, -0.25) is 4.79 Å². The number of methoxy groups -OCH3 is 1. The van der Waals surface area contributed by atoms with Crippen molar-refractivity contribution in [2.75, 3.05) is 26.8 Å². The summed E-state index contributed by atoms with van der Waals surface area (Å²) in [7, 11) is 1.68. The summed E-state index contributed by atoms with van der Waals surface area (Å²) in [5.74, 6) is 2.57. The molecule has 0 aliphatic carbocycles. The van der Waals surface area contributed by atoms with E-state index in [1.165, 1.54) is 6.42 Å². The van der Waals surface area contributed by atoms with Crippen molar-refractivity contribution in [2.24, 2.45) is 5.92 Å². The second-order valence-electron chi connectivity index (χ2n) is 8.17. The first-order chi connectivity index (χ1) is 14.7. The molecule has 1 saturated heterocycles. The fourth-order valence-corrected chi connectivity index (χ4v) is 4.76. The van der Waals surface area contributed by atoms with Gasteiger partial charge in [-0.25, -0.2) is 4.98 Å². The molecule has 0 saturated carbocycles. The lowest BCUT2D eigenvalue weighted by Gasteiger charge is -2.37. The zero-order valence-corrected chi connectivity index (χ0v) is 19.6. The Bertz CT molecular complexity index is 1090. The molecular formula is C21H29Cl2N7O2. The Morgan fingerprint density at radius 1 is 1.19 bits per heavy atom. The molecule has 0 unspecified atom stereocenters. The zero-order chi connectivity index (χ0) is 20.5. The summed E-state index contributed by atoms with van der Waals surface area (Å²) >= 11 is 0. The van der Waals surface area contributed by atoms with E-state index in [0.29, 0.717) is 42.8 Å². The van der Waals surface area contributed by atoms with Gasteiger partial charge in [0, 0.05) is 63.7 Å². The minimum absolute atomic E-state index is 0. The van der Waals surface area contributed by atoms with Crippen LogP contribution in [0.25, 0.3) is 11.4 Å². The Hall–Kier alpha value is -2.20. The predicted octanol–water partition coefficient (Wildman–Crippen LogP) is 1.74. The van der Waals surface area contributed by atoms with Crippen molar-refractivity contribution in [2.45, 2.75) is 38.4 Å². The fraction of sp³-hybridized carbons (Fsp3) is 0.524. The normalized spacial score (nSPS) is 19.0. The highest BCUT2D eigenvalue weighted by molar-refractivity contribution is 5.85. The van der Waals surface area contributed by atoms with Crippen LogP contribution < -0.4 is 10.9 Å². The first-order valence-corrected chi connectivity index (χ1v) is 10.6. The lowest BCUT2D eigenvalue weighted by atomic mass is 9.84. The van der Waals surface area contributed by atoms with Gasteiger partial charge in [-0.1, -0.05) is 0 Å². The van der Waals surface area contributed by atoms with E-state index in [1.807, 2.05) is 26.0 Å². The number of hydrogen-bond donors (Lipinski definition) is 1. The van der Waals surface area contributed by atoms with Crippen molar-refractivity contribution in [3.8, 4) is 11.4 Å². The summed E-state index contributed by atoms with van der Waals surface area (Å²) in [6.45, 7) is 4.74. The standard InChI is InChI=1S/C21H27N7O2.2ClH/c1-30-9-8-27-14-24-25-19(27)4-6-26-7-5-23-20(26)17-2-3-18-16-10-15(11-22-12-16)13-28(18)21(17)29;;/h2-3,5,7,14-16,22H,4,6,8-13H2,1H3;2*1H/t15-,16+;;/m0../s1. The van der Waals surface area contributed by atoms with Gasteiger partial charge in [0.15, 0.2) is 0 Å². The second kappa shape index (κ2) is 10.6. The first-order valence-electron chi connectivity index (χ1n) is 10.6. The summed E-state index contributed by atoms with van der Waals surface area (Å²) in [4.78, 5) is 17.9.